The molecule has 2 amide bonds. The van der Waals surface area contributed by atoms with Crippen LogP contribution in [0.15, 0.2) is 48.8 Å². The predicted octanol–water partition coefficient (Wildman–Crippen LogP) is 2.74. The minimum atomic E-state index is -1.15. The van der Waals surface area contributed by atoms with Gasteiger partial charge in [0.15, 0.2) is 0 Å². The van der Waals surface area contributed by atoms with Crippen LogP contribution < -0.4 is 10.6 Å². The maximum atomic E-state index is 12.4. The number of amides is 2. The van der Waals surface area contributed by atoms with Gasteiger partial charge in [-0.15, -0.1) is 0 Å². The predicted molar refractivity (Wildman–Crippen MR) is 98.0 cm³/mol. The van der Waals surface area contributed by atoms with E-state index in [1.165, 1.54) is 0 Å². The molecule has 0 saturated heterocycles. The van der Waals surface area contributed by atoms with Gasteiger partial charge < -0.3 is 10.6 Å². The van der Waals surface area contributed by atoms with Crippen molar-refractivity contribution in [1.82, 2.24) is 15.6 Å². The van der Waals surface area contributed by atoms with Crippen molar-refractivity contribution in [2.45, 2.75) is 26.8 Å². The van der Waals surface area contributed by atoms with E-state index in [1.807, 2.05) is 36.4 Å². The summed E-state index contributed by atoms with van der Waals surface area (Å²) in [5.41, 5.74) is 0.861. The third-order valence-electron chi connectivity index (χ3n) is 3.95. The molecule has 1 aromatic carbocycles. The fourth-order valence-electron chi connectivity index (χ4n) is 2.20. The summed E-state index contributed by atoms with van der Waals surface area (Å²) >= 11 is 5.85. The van der Waals surface area contributed by atoms with Crippen molar-refractivity contribution >= 4 is 23.4 Å². The zero-order valence-electron chi connectivity index (χ0n) is 14.4. The molecule has 2 aromatic rings. The first-order valence-corrected chi connectivity index (χ1v) is 8.47. The number of halogens is 1. The lowest BCUT2D eigenvalue weighted by molar-refractivity contribution is -0.141. The number of nitrogens with zero attached hydrogens (tertiary/aromatic N) is 1. The number of carbonyl (C=O) groups is 2. The summed E-state index contributed by atoms with van der Waals surface area (Å²) in [4.78, 5) is 28.6. The average molecular weight is 360 g/mol. The molecule has 1 aromatic heterocycles. The van der Waals surface area contributed by atoms with E-state index in [0.717, 1.165) is 11.1 Å². The van der Waals surface area contributed by atoms with Crippen LogP contribution in [0.3, 0.4) is 0 Å². The molecule has 2 rings (SSSR count). The molecule has 0 aliphatic carbocycles. The molecule has 0 atom stereocenters. The van der Waals surface area contributed by atoms with Gasteiger partial charge in [-0.1, -0.05) is 23.7 Å². The third-order valence-corrected chi connectivity index (χ3v) is 4.20. The SMILES string of the molecule is CC(C)(C(=O)NCCc1ccc(Cl)cc1)C(=O)NCc1ccncc1. The van der Waals surface area contributed by atoms with E-state index in [0.29, 0.717) is 24.5 Å². The van der Waals surface area contributed by atoms with Crippen LogP contribution >= 0.6 is 11.6 Å². The molecule has 0 radical (unpaired) electrons. The molecular formula is C19H22ClN3O2. The molecule has 0 spiro atoms. The maximum absolute atomic E-state index is 12.4. The minimum absolute atomic E-state index is 0.298. The second kappa shape index (κ2) is 8.62. The van der Waals surface area contributed by atoms with E-state index < -0.39 is 5.41 Å². The van der Waals surface area contributed by atoms with Crippen molar-refractivity contribution in [3.63, 3.8) is 0 Å². The van der Waals surface area contributed by atoms with Crippen LogP contribution in [0.25, 0.3) is 0 Å². The Hall–Kier alpha value is -2.40. The van der Waals surface area contributed by atoms with Crippen LogP contribution in [-0.2, 0) is 22.6 Å². The molecule has 0 aliphatic heterocycles. The van der Waals surface area contributed by atoms with Crippen LogP contribution in [0.5, 0.6) is 0 Å². The molecule has 0 aliphatic rings. The number of rotatable bonds is 7. The van der Waals surface area contributed by atoms with Crippen LogP contribution in [-0.4, -0.2) is 23.3 Å². The molecule has 25 heavy (non-hydrogen) atoms. The van der Waals surface area contributed by atoms with Crippen molar-refractivity contribution < 1.29 is 9.59 Å². The Kier molecular flexibility index (Phi) is 6.53. The van der Waals surface area contributed by atoms with Gasteiger partial charge >= 0.3 is 0 Å². The Bertz CT molecular complexity index is 715. The Morgan fingerprint density at radius 2 is 1.56 bits per heavy atom. The highest BCUT2D eigenvalue weighted by atomic mass is 35.5. The molecule has 0 bridgehead atoms. The zero-order chi connectivity index (χ0) is 18.3. The fraction of sp³-hybridized carbons (Fsp3) is 0.316. The van der Waals surface area contributed by atoms with E-state index >= 15 is 0 Å². The maximum Gasteiger partial charge on any atom is 0.235 e. The molecule has 132 valence electrons. The molecule has 2 N–H and O–H groups in total. The van der Waals surface area contributed by atoms with Gasteiger partial charge in [-0.05, 0) is 55.7 Å². The van der Waals surface area contributed by atoms with Gasteiger partial charge in [-0.2, -0.15) is 0 Å². The number of nitrogens with one attached hydrogen (secondary N) is 2. The van der Waals surface area contributed by atoms with Crippen molar-refractivity contribution in [1.29, 1.82) is 0 Å². The van der Waals surface area contributed by atoms with Crippen LogP contribution in [0, 0.1) is 5.41 Å². The zero-order valence-corrected chi connectivity index (χ0v) is 15.1. The van der Waals surface area contributed by atoms with Gasteiger partial charge in [-0.25, -0.2) is 0 Å². The first-order valence-electron chi connectivity index (χ1n) is 8.09. The topological polar surface area (TPSA) is 71.1 Å². The van der Waals surface area contributed by atoms with E-state index in [9.17, 15) is 9.59 Å². The Balaban J connectivity index is 1.81. The van der Waals surface area contributed by atoms with Gasteiger partial charge in [0.1, 0.15) is 5.41 Å². The van der Waals surface area contributed by atoms with Crippen molar-refractivity contribution in [3.8, 4) is 0 Å². The number of pyridine rings is 1. The summed E-state index contributed by atoms with van der Waals surface area (Å²) in [5.74, 6) is -0.609. The van der Waals surface area contributed by atoms with Crippen molar-refractivity contribution in [2.75, 3.05) is 6.54 Å². The molecular weight excluding hydrogens is 338 g/mol. The molecule has 1 heterocycles. The van der Waals surface area contributed by atoms with Gasteiger partial charge in [0.25, 0.3) is 0 Å². The number of benzene rings is 1. The molecule has 5 nitrogen and oxygen atoms in total. The lowest BCUT2D eigenvalue weighted by atomic mass is 9.91. The summed E-state index contributed by atoms with van der Waals surface area (Å²) in [6, 6.07) is 11.1. The van der Waals surface area contributed by atoms with Crippen molar-refractivity contribution in [2.24, 2.45) is 5.41 Å². The summed E-state index contributed by atoms with van der Waals surface area (Å²) in [6.07, 6.45) is 4.00. The highest BCUT2D eigenvalue weighted by Gasteiger charge is 2.35. The number of aromatic nitrogens is 1. The summed E-state index contributed by atoms with van der Waals surface area (Å²) in [7, 11) is 0. The standard InChI is InChI=1S/C19H22ClN3O2/c1-19(2,18(25)23-13-15-7-10-21-11-8-15)17(24)22-12-9-14-3-5-16(20)6-4-14/h3-8,10-11H,9,12-13H2,1-2H3,(H,22,24)(H,23,25). The van der Waals surface area contributed by atoms with E-state index in [2.05, 4.69) is 15.6 Å². The first-order chi connectivity index (χ1) is 11.9. The minimum Gasteiger partial charge on any atom is -0.355 e. The Morgan fingerprint density at radius 1 is 0.960 bits per heavy atom. The normalized spacial score (nSPS) is 11.0. The largest absolute Gasteiger partial charge is 0.355 e. The van der Waals surface area contributed by atoms with E-state index in [1.54, 1.807) is 26.2 Å². The highest BCUT2D eigenvalue weighted by Crippen LogP contribution is 2.16. The summed E-state index contributed by atoms with van der Waals surface area (Å²) in [6.45, 7) is 4.06. The molecule has 0 unspecified atom stereocenters. The van der Waals surface area contributed by atoms with Gasteiger partial charge in [-0.3, -0.25) is 14.6 Å². The second-order valence-electron chi connectivity index (χ2n) is 6.30. The Labute approximate surface area is 152 Å². The first kappa shape index (κ1) is 18.9. The monoisotopic (exact) mass is 359 g/mol. The third kappa shape index (κ3) is 5.57. The lowest BCUT2D eigenvalue weighted by Crippen LogP contribution is -2.48. The number of hydrogen-bond donors (Lipinski definition) is 2. The van der Waals surface area contributed by atoms with Gasteiger partial charge in [0, 0.05) is 30.5 Å². The fourth-order valence-corrected chi connectivity index (χ4v) is 2.33. The van der Waals surface area contributed by atoms with Crippen LogP contribution in [0.4, 0.5) is 0 Å². The summed E-state index contributed by atoms with van der Waals surface area (Å²) < 4.78 is 0. The Morgan fingerprint density at radius 3 is 2.20 bits per heavy atom. The van der Waals surface area contributed by atoms with Crippen LogP contribution in [0.1, 0.15) is 25.0 Å². The molecule has 6 heteroatoms. The van der Waals surface area contributed by atoms with E-state index in [-0.39, 0.29) is 11.8 Å². The van der Waals surface area contributed by atoms with Crippen LogP contribution in [0.2, 0.25) is 5.02 Å². The number of carbonyl (C=O) groups excluding carboxylic acids is 2. The quantitative estimate of drug-likeness (QED) is 0.747. The smallest absolute Gasteiger partial charge is 0.235 e. The average Bonchev–Trinajstić information content (AvgIpc) is 2.62. The lowest BCUT2D eigenvalue weighted by Gasteiger charge is -2.22. The summed E-state index contributed by atoms with van der Waals surface area (Å²) in [5, 5.41) is 6.29. The second-order valence-corrected chi connectivity index (χ2v) is 6.73. The van der Waals surface area contributed by atoms with E-state index in [4.69, 9.17) is 11.6 Å². The van der Waals surface area contributed by atoms with Gasteiger partial charge in [0.05, 0.1) is 0 Å². The molecule has 0 saturated carbocycles. The number of hydrogen-bond acceptors (Lipinski definition) is 3. The van der Waals surface area contributed by atoms with Gasteiger partial charge in [0.2, 0.25) is 11.8 Å². The molecule has 0 fully saturated rings. The van der Waals surface area contributed by atoms with Crippen molar-refractivity contribution in [3.05, 3.63) is 64.9 Å². The highest BCUT2D eigenvalue weighted by molar-refractivity contribution is 6.30.